The van der Waals surface area contributed by atoms with Crippen molar-refractivity contribution in [1.29, 1.82) is 0 Å². The Morgan fingerprint density at radius 3 is 2.60 bits per heavy atom. The molecule has 0 amide bonds. The summed E-state index contributed by atoms with van der Waals surface area (Å²) in [5.74, 6) is 0. The highest BCUT2D eigenvalue weighted by Gasteiger charge is 2.10. The minimum Gasteiger partial charge on any atom is -0.377 e. The van der Waals surface area contributed by atoms with Crippen LogP contribution >= 0.6 is 11.3 Å². The smallest absolute Gasteiger partial charge is 0.127 e. The van der Waals surface area contributed by atoms with E-state index in [1.165, 1.54) is 10.4 Å². The molecular weight excluding hydrogens is 268 g/mol. The van der Waals surface area contributed by atoms with Gasteiger partial charge in [-0.05, 0) is 25.5 Å². The topological polar surface area (TPSA) is 35.0 Å². The fraction of sp³-hybridized carbons (Fsp3) is 0.250. The number of thiophene rings is 1. The van der Waals surface area contributed by atoms with Crippen LogP contribution in [0, 0.1) is 6.92 Å². The Hall–Kier alpha value is -1.78. The minimum atomic E-state index is 0.109. The zero-order valence-corrected chi connectivity index (χ0v) is 12.6. The molecule has 1 aromatic carbocycles. The molecule has 2 heterocycles. The molecule has 102 valence electrons. The van der Waals surface area contributed by atoms with Crippen molar-refractivity contribution in [2.24, 2.45) is 0 Å². The van der Waals surface area contributed by atoms with Crippen LogP contribution in [0.5, 0.6) is 0 Å². The molecule has 0 aliphatic carbocycles. The van der Waals surface area contributed by atoms with Crippen LogP contribution in [0.1, 0.15) is 23.5 Å². The first-order valence-corrected chi connectivity index (χ1v) is 7.35. The number of rotatable bonds is 3. The maximum atomic E-state index is 5.33. The largest absolute Gasteiger partial charge is 0.377 e. The van der Waals surface area contributed by atoms with Gasteiger partial charge in [0.05, 0.1) is 11.8 Å². The van der Waals surface area contributed by atoms with Crippen molar-refractivity contribution in [1.82, 2.24) is 9.97 Å². The molecular formula is C16H16N2OS. The van der Waals surface area contributed by atoms with Crippen LogP contribution in [0.3, 0.4) is 0 Å². The van der Waals surface area contributed by atoms with Crippen LogP contribution in [0.2, 0.25) is 0 Å². The van der Waals surface area contributed by atoms with E-state index >= 15 is 0 Å². The van der Waals surface area contributed by atoms with Gasteiger partial charge in [-0.1, -0.05) is 24.3 Å². The average Bonchev–Trinajstić information content (AvgIpc) is 2.86. The van der Waals surface area contributed by atoms with Crippen LogP contribution in [0.15, 0.2) is 36.7 Å². The van der Waals surface area contributed by atoms with Gasteiger partial charge in [-0.2, -0.15) is 0 Å². The third-order valence-electron chi connectivity index (χ3n) is 3.46. The van der Waals surface area contributed by atoms with Crippen molar-refractivity contribution in [3.8, 4) is 11.3 Å². The molecule has 0 spiro atoms. The summed E-state index contributed by atoms with van der Waals surface area (Å²) in [7, 11) is 1.72. The molecule has 0 saturated carbocycles. The SMILES string of the molecule is CO[C@@H](C)c1ccc(-c2ncnc3sc(C)cc23)cc1. The lowest BCUT2D eigenvalue weighted by Crippen LogP contribution is -1.95. The lowest BCUT2D eigenvalue weighted by molar-refractivity contribution is 0.119. The molecule has 1 atom stereocenters. The number of ether oxygens (including phenoxy) is 1. The first-order chi connectivity index (χ1) is 9.69. The standard InChI is InChI=1S/C16H16N2OS/c1-10-8-14-15(17-9-18-16(14)20-10)13-6-4-12(5-7-13)11(2)19-3/h4-9,11H,1-3H3/t11-/m0/s1. The summed E-state index contributed by atoms with van der Waals surface area (Å²) in [5.41, 5.74) is 3.28. The molecule has 0 aliphatic heterocycles. The van der Waals surface area contributed by atoms with Gasteiger partial charge in [0, 0.05) is 22.9 Å². The Labute approximate surface area is 122 Å². The van der Waals surface area contributed by atoms with Gasteiger partial charge >= 0.3 is 0 Å². The fourth-order valence-corrected chi connectivity index (χ4v) is 3.10. The van der Waals surface area contributed by atoms with E-state index in [2.05, 4.69) is 47.2 Å². The number of methoxy groups -OCH3 is 1. The van der Waals surface area contributed by atoms with Crippen molar-refractivity contribution in [2.45, 2.75) is 20.0 Å². The minimum absolute atomic E-state index is 0.109. The Morgan fingerprint density at radius 2 is 1.90 bits per heavy atom. The molecule has 2 aromatic heterocycles. The molecule has 3 aromatic rings. The van der Waals surface area contributed by atoms with Crippen LogP contribution < -0.4 is 0 Å². The monoisotopic (exact) mass is 284 g/mol. The predicted octanol–water partition coefficient (Wildman–Crippen LogP) is 4.37. The molecule has 4 heteroatoms. The van der Waals surface area contributed by atoms with Gasteiger partial charge in [-0.15, -0.1) is 11.3 Å². The molecule has 20 heavy (non-hydrogen) atoms. The van der Waals surface area contributed by atoms with E-state index in [0.29, 0.717) is 0 Å². The van der Waals surface area contributed by atoms with Gasteiger partial charge in [0.25, 0.3) is 0 Å². The zero-order chi connectivity index (χ0) is 14.1. The summed E-state index contributed by atoms with van der Waals surface area (Å²) in [5, 5.41) is 1.13. The number of aryl methyl sites for hydroxylation is 1. The van der Waals surface area contributed by atoms with Crippen LogP contribution in [-0.2, 0) is 4.74 Å². The van der Waals surface area contributed by atoms with Crippen molar-refractivity contribution in [2.75, 3.05) is 7.11 Å². The van der Waals surface area contributed by atoms with Crippen molar-refractivity contribution in [3.63, 3.8) is 0 Å². The highest BCUT2D eigenvalue weighted by Crippen LogP contribution is 2.31. The first kappa shape index (κ1) is 13.2. The van der Waals surface area contributed by atoms with Crippen LogP contribution in [-0.4, -0.2) is 17.1 Å². The molecule has 0 bridgehead atoms. The third-order valence-corrected chi connectivity index (χ3v) is 4.42. The van der Waals surface area contributed by atoms with Gasteiger partial charge in [-0.3, -0.25) is 0 Å². The second-order valence-electron chi connectivity index (χ2n) is 4.80. The second kappa shape index (κ2) is 5.31. The lowest BCUT2D eigenvalue weighted by Gasteiger charge is -2.10. The van der Waals surface area contributed by atoms with Gasteiger partial charge in [0.15, 0.2) is 0 Å². The zero-order valence-electron chi connectivity index (χ0n) is 11.8. The number of fused-ring (bicyclic) bond motifs is 1. The third kappa shape index (κ3) is 2.32. The van der Waals surface area contributed by atoms with E-state index in [0.717, 1.165) is 21.5 Å². The number of aromatic nitrogens is 2. The number of nitrogens with zero attached hydrogens (tertiary/aromatic N) is 2. The van der Waals surface area contributed by atoms with Gasteiger partial charge in [-0.25, -0.2) is 9.97 Å². The van der Waals surface area contributed by atoms with Gasteiger partial charge in [0.1, 0.15) is 11.2 Å². The highest BCUT2D eigenvalue weighted by atomic mass is 32.1. The van der Waals surface area contributed by atoms with Gasteiger partial charge < -0.3 is 4.74 Å². The quantitative estimate of drug-likeness (QED) is 0.716. The molecule has 0 radical (unpaired) electrons. The summed E-state index contributed by atoms with van der Waals surface area (Å²) in [6.07, 6.45) is 1.75. The normalized spacial score (nSPS) is 12.8. The van der Waals surface area contributed by atoms with Crippen molar-refractivity contribution in [3.05, 3.63) is 47.1 Å². The summed E-state index contributed by atoms with van der Waals surface area (Å²) in [6.45, 7) is 4.14. The maximum absolute atomic E-state index is 5.33. The Balaban J connectivity index is 2.07. The van der Waals surface area contributed by atoms with E-state index < -0.39 is 0 Å². The first-order valence-electron chi connectivity index (χ1n) is 6.53. The molecule has 0 N–H and O–H groups in total. The molecule has 0 fully saturated rings. The van der Waals surface area contributed by atoms with Crippen LogP contribution in [0.25, 0.3) is 21.5 Å². The van der Waals surface area contributed by atoms with E-state index in [1.54, 1.807) is 24.8 Å². The van der Waals surface area contributed by atoms with Gasteiger partial charge in [0.2, 0.25) is 0 Å². The fourth-order valence-electron chi connectivity index (χ4n) is 2.25. The molecule has 3 nitrogen and oxygen atoms in total. The summed E-state index contributed by atoms with van der Waals surface area (Å²) >= 11 is 1.70. The number of benzene rings is 1. The highest BCUT2D eigenvalue weighted by molar-refractivity contribution is 7.18. The van der Waals surface area contributed by atoms with Crippen molar-refractivity contribution >= 4 is 21.6 Å². The van der Waals surface area contributed by atoms with Crippen LogP contribution in [0.4, 0.5) is 0 Å². The summed E-state index contributed by atoms with van der Waals surface area (Å²) < 4.78 is 5.33. The van der Waals surface area contributed by atoms with E-state index in [-0.39, 0.29) is 6.10 Å². The summed E-state index contributed by atoms with van der Waals surface area (Å²) in [4.78, 5) is 11.1. The Kier molecular flexibility index (Phi) is 3.51. The Morgan fingerprint density at radius 1 is 1.15 bits per heavy atom. The maximum Gasteiger partial charge on any atom is 0.127 e. The van der Waals surface area contributed by atoms with E-state index in [1.807, 2.05) is 6.92 Å². The van der Waals surface area contributed by atoms with E-state index in [9.17, 15) is 0 Å². The molecule has 0 unspecified atom stereocenters. The molecule has 0 saturated heterocycles. The van der Waals surface area contributed by atoms with Crippen molar-refractivity contribution < 1.29 is 4.74 Å². The Bertz CT molecular complexity index is 734. The average molecular weight is 284 g/mol. The summed E-state index contributed by atoms with van der Waals surface area (Å²) in [6, 6.07) is 10.5. The number of hydrogen-bond donors (Lipinski definition) is 0. The predicted molar refractivity (Wildman–Crippen MR) is 83.0 cm³/mol. The molecule has 0 aliphatic rings. The number of hydrogen-bond acceptors (Lipinski definition) is 4. The van der Waals surface area contributed by atoms with E-state index in [4.69, 9.17) is 4.74 Å². The lowest BCUT2D eigenvalue weighted by atomic mass is 10.0. The molecule has 3 rings (SSSR count). The second-order valence-corrected chi connectivity index (χ2v) is 6.03.